The fraction of sp³-hybridized carbons (Fsp3) is 0.250. The second-order valence-corrected chi connectivity index (χ2v) is 5.24. The van der Waals surface area contributed by atoms with Crippen LogP contribution in [0.4, 0.5) is 0 Å². The van der Waals surface area contributed by atoms with Crippen molar-refractivity contribution in [1.29, 1.82) is 0 Å². The van der Waals surface area contributed by atoms with Crippen LogP contribution >= 0.6 is 11.6 Å². The Morgan fingerprint density at radius 2 is 2.00 bits per heavy atom. The topological polar surface area (TPSA) is 53.7 Å². The van der Waals surface area contributed by atoms with Crippen LogP contribution in [0.3, 0.4) is 0 Å². The first-order valence-corrected chi connectivity index (χ1v) is 7.04. The van der Waals surface area contributed by atoms with Crippen molar-refractivity contribution in [2.45, 2.75) is 12.1 Å². The second kappa shape index (κ2) is 5.84. The van der Waals surface area contributed by atoms with E-state index in [1.54, 1.807) is 13.2 Å². The molecule has 0 aromatic heterocycles. The van der Waals surface area contributed by atoms with E-state index < -0.39 is 0 Å². The lowest BCUT2D eigenvalue weighted by Crippen LogP contribution is -2.38. The van der Waals surface area contributed by atoms with Crippen LogP contribution < -0.4 is 19.9 Å². The van der Waals surface area contributed by atoms with Gasteiger partial charge in [-0.2, -0.15) is 0 Å². The third kappa shape index (κ3) is 2.77. The van der Waals surface area contributed by atoms with E-state index in [9.17, 15) is 0 Å². The molecule has 2 aromatic rings. The van der Waals surface area contributed by atoms with Gasteiger partial charge in [0.25, 0.3) is 0 Å². The monoisotopic (exact) mass is 305 g/mol. The van der Waals surface area contributed by atoms with Crippen molar-refractivity contribution in [3.05, 3.63) is 53.1 Å². The van der Waals surface area contributed by atoms with Gasteiger partial charge in [0.2, 0.25) is 0 Å². The number of rotatable bonds is 3. The molecule has 2 atom stereocenters. The average Bonchev–Trinajstić information content (AvgIpc) is 2.54. The fourth-order valence-electron chi connectivity index (χ4n) is 2.31. The summed E-state index contributed by atoms with van der Waals surface area (Å²) in [6, 6.07) is 12.7. The highest BCUT2D eigenvalue weighted by atomic mass is 35.5. The van der Waals surface area contributed by atoms with E-state index in [2.05, 4.69) is 0 Å². The van der Waals surface area contributed by atoms with Crippen molar-refractivity contribution >= 4 is 11.6 Å². The minimum atomic E-state index is -0.329. The first-order chi connectivity index (χ1) is 10.2. The first kappa shape index (κ1) is 14.0. The van der Waals surface area contributed by atoms with E-state index >= 15 is 0 Å². The van der Waals surface area contributed by atoms with Crippen LogP contribution in [0.2, 0.25) is 5.02 Å². The summed E-state index contributed by atoms with van der Waals surface area (Å²) < 4.78 is 16.8. The summed E-state index contributed by atoms with van der Waals surface area (Å²) in [5, 5.41) is 0.555. The molecule has 0 spiro atoms. The van der Waals surface area contributed by atoms with Gasteiger partial charge >= 0.3 is 0 Å². The average molecular weight is 306 g/mol. The Kier molecular flexibility index (Phi) is 3.90. The summed E-state index contributed by atoms with van der Waals surface area (Å²) in [4.78, 5) is 0. The largest absolute Gasteiger partial charge is 0.495 e. The molecule has 0 aliphatic carbocycles. The lowest BCUT2D eigenvalue weighted by molar-refractivity contribution is 0.0721. The summed E-state index contributed by atoms with van der Waals surface area (Å²) in [5.74, 6) is 2.06. The van der Waals surface area contributed by atoms with E-state index in [-0.39, 0.29) is 12.1 Å². The van der Waals surface area contributed by atoms with Crippen LogP contribution in [-0.4, -0.2) is 19.8 Å². The molecule has 2 aromatic carbocycles. The van der Waals surface area contributed by atoms with E-state index in [0.29, 0.717) is 23.1 Å². The molecule has 21 heavy (non-hydrogen) atoms. The van der Waals surface area contributed by atoms with E-state index in [1.807, 2.05) is 36.4 Å². The van der Waals surface area contributed by atoms with Gasteiger partial charge in [-0.1, -0.05) is 29.8 Å². The van der Waals surface area contributed by atoms with Crippen molar-refractivity contribution in [3.63, 3.8) is 0 Å². The third-order valence-electron chi connectivity index (χ3n) is 3.49. The zero-order chi connectivity index (χ0) is 14.8. The molecular formula is C16H16ClNO3. The van der Waals surface area contributed by atoms with E-state index in [1.165, 1.54) is 0 Å². The summed E-state index contributed by atoms with van der Waals surface area (Å²) in [6.07, 6.45) is -0.259. The number of methoxy groups -OCH3 is 1. The molecule has 1 aliphatic heterocycles. The number of hydrogen-bond acceptors (Lipinski definition) is 4. The SMILES string of the molecule is COc1cc(C(N)C2COc3ccccc3O2)ccc1Cl. The predicted molar refractivity (Wildman–Crippen MR) is 81.3 cm³/mol. The number of ether oxygens (including phenoxy) is 3. The Balaban J connectivity index is 1.82. The molecule has 110 valence electrons. The van der Waals surface area contributed by atoms with Gasteiger partial charge < -0.3 is 19.9 Å². The molecule has 0 fully saturated rings. The Morgan fingerprint density at radius 3 is 2.76 bits per heavy atom. The number of fused-ring (bicyclic) bond motifs is 1. The molecular weight excluding hydrogens is 290 g/mol. The Morgan fingerprint density at radius 1 is 1.24 bits per heavy atom. The molecule has 0 bridgehead atoms. The molecule has 0 saturated heterocycles. The van der Waals surface area contributed by atoms with Gasteiger partial charge in [-0.25, -0.2) is 0 Å². The molecule has 4 nitrogen and oxygen atoms in total. The predicted octanol–water partition coefficient (Wildman–Crippen LogP) is 3.19. The molecule has 2 N–H and O–H groups in total. The highest BCUT2D eigenvalue weighted by molar-refractivity contribution is 6.32. The van der Waals surface area contributed by atoms with Crippen molar-refractivity contribution in [2.75, 3.05) is 13.7 Å². The maximum absolute atomic E-state index is 6.30. The molecule has 0 saturated carbocycles. The number of halogens is 1. The highest BCUT2D eigenvalue weighted by Gasteiger charge is 2.27. The van der Waals surface area contributed by atoms with Gasteiger partial charge in [0.05, 0.1) is 18.2 Å². The van der Waals surface area contributed by atoms with Crippen LogP contribution in [0, 0.1) is 0 Å². The van der Waals surface area contributed by atoms with Crippen molar-refractivity contribution in [2.24, 2.45) is 5.73 Å². The molecule has 3 rings (SSSR count). The van der Waals surface area contributed by atoms with Crippen molar-refractivity contribution in [1.82, 2.24) is 0 Å². The summed E-state index contributed by atoms with van der Waals surface area (Å²) in [6.45, 7) is 0.406. The normalized spacial score (nSPS) is 18.1. The molecule has 1 heterocycles. The molecule has 0 amide bonds. The third-order valence-corrected chi connectivity index (χ3v) is 3.80. The smallest absolute Gasteiger partial charge is 0.161 e. The number of para-hydroxylation sites is 2. The van der Waals surface area contributed by atoms with E-state index in [0.717, 1.165) is 11.3 Å². The number of hydrogen-bond donors (Lipinski definition) is 1. The number of nitrogens with two attached hydrogens (primary N) is 1. The lowest BCUT2D eigenvalue weighted by atomic mass is 10.0. The quantitative estimate of drug-likeness (QED) is 0.946. The van der Waals surface area contributed by atoms with Gasteiger partial charge in [-0.3, -0.25) is 0 Å². The standard InChI is InChI=1S/C16H16ClNO3/c1-19-14-8-10(6-7-11(14)17)16(18)15-9-20-12-4-2-3-5-13(12)21-15/h2-8,15-16H,9,18H2,1H3. The zero-order valence-electron chi connectivity index (χ0n) is 11.6. The van der Waals surface area contributed by atoms with Gasteiger partial charge in [0.15, 0.2) is 17.6 Å². The van der Waals surface area contributed by atoms with Gasteiger partial charge in [-0.15, -0.1) is 0 Å². The lowest BCUT2D eigenvalue weighted by Gasteiger charge is -2.30. The maximum atomic E-state index is 6.30. The fourth-order valence-corrected chi connectivity index (χ4v) is 2.51. The van der Waals surface area contributed by atoms with Crippen LogP contribution in [0.15, 0.2) is 42.5 Å². The Hall–Kier alpha value is -1.91. The highest BCUT2D eigenvalue weighted by Crippen LogP contribution is 2.35. The van der Waals surface area contributed by atoms with Gasteiger partial charge in [-0.05, 0) is 29.8 Å². The second-order valence-electron chi connectivity index (χ2n) is 4.83. The van der Waals surface area contributed by atoms with Gasteiger partial charge in [0, 0.05) is 0 Å². The van der Waals surface area contributed by atoms with Crippen LogP contribution in [0.1, 0.15) is 11.6 Å². The molecule has 2 unspecified atom stereocenters. The molecule has 1 aliphatic rings. The Bertz CT molecular complexity index is 647. The summed E-state index contributed by atoms with van der Waals surface area (Å²) >= 11 is 6.03. The molecule has 0 radical (unpaired) electrons. The minimum absolute atomic E-state index is 0.259. The summed E-state index contributed by atoms with van der Waals surface area (Å²) in [5.41, 5.74) is 7.19. The summed E-state index contributed by atoms with van der Waals surface area (Å²) in [7, 11) is 1.58. The molecule has 5 heteroatoms. The van der Waals surface area contributed by atoms with Gasteiger partial charge in [0.1, 0.15) is 12.4 Å². The van der Waals surface area contributed by atoms with E-state index in [4.69, 9.17) is 31.5 Å². The maximum Gasteiger partial charge on any atom is 0.161 e. The minimum Gasteiger partial charge on any atom is -0.495 e. The van der Waals surface area contributed by atoms with Crippen LogP contribution in [0.25, 0.3) is 0 Å². The van der Waals surface area contributed by atoms with Crippen LogP contribution in [0.5, 0.6) is 17.2 Å². The Labute approximate surface area is 128 Å². The van der Waals surface area contributed by atoms with Crippen LogP contribution in [-0.2, 0) is 0 Å². The van der Waals surface area contributed by atoms with Crippen molar-refractivity contribution < 1.29 is 14.2 Å². The number of benzene rings is 2. The zero-order valence-corrected chi connectivity index (χ0v) is 12.3. The first-order valence-electron chi connectivity index (χ1n) is 6.66. The van der Waals surface area contributed by atoms with Crippen molar-refractivity contribution in [3.8, 4) is 17.2 Å².